The Morgan fingerprint density at radius 2 is 1.97 bits per heavy atom. The van der Waals surface area contributed by atoms with Gasteiger partial charge >= 0.3 is 6.18 Å². The Labute approximate surface area is 185 Å². The number of carbonyl (C=O) groups excluding carboxylic acids is 2. The SMILES string of the molecule is C[C@H](Oc1cc(C(=O)NC(C(=O)N2CCCOC2)C(C)(C)C)ncc1C1CC1)C(F)(F)F. The van der Waals surface area contributed by atoms with Crippen molar-refractivity contribution in [2.75, 3.05) is 19.9 Å². The predicted octanol–water partition coefficient (Wildman–Crippen LogP) is 3.64. The number of hydrogen-bond acceptors (Lipinski definition) is 5. The van der Waals surface area contributed by atoms with Gasteiger partial charge in [0.05, 0.1) is 6.61 Å². The summed E-state index contributed by atoms with van der Waals surface area (Å²) in [6, 6.07) is 0.375. The van der Waals surface area contributed by atoms with E-state index in [0.29, 0.717) is 25.1 Å². The van der Waals surface area contributed by atoms with E-state index < -0.39 is 29.6 Å². The van der Waals surface area contributed by atoms with Crippen LogP contribution >= 0.6 is 0 Å². The van der Waals surface area contributed by atoms with Crippen molar-refractivity contribution in [1.82, 2.24) is 15.2 Å². The van der Waals surface area contributed by atoms with Crippen LogP contribution in [0.3, 0.4) is 0 Å². The Morgan fingerprint density at radius 3 is 2.50 bits per heavy atom. The topological polar surface area (TPSA) is 80.8 Å². The fourth-order valence-corrected chi connectivity index (χ4v) is 3.44. The van der Waals surface area contributed by atoms with Crippen LogP contribution in [-0.2, 0) is 9.53 Å². The summed E-state index contributed by atoms with van der Waals surface area (Å²) >= 11 is 0. The molecule has 32 heavy (non-hydrogen) atoms. The first kappa shape index (κ1) is 24.3. The van der Waals surface area contributed by atoms with Gasteiger partial charge in [0, 0.05) is 24.4 Å². The van der Waals surface area contributed by atoms with E-state index in [4.69, 9.17) is 9.47 Å². The first-order valence-electron chi connectivity index (χ1n) is 10.8. The molecule has 0 bridgehead atoms. The first-order valence-corrected chi connectivity index (χ1v) is 10.8. The molecule has 2 amide bonds. The van der Waals surface area contributed by atoms with E-state index >= 15 is 0 Å². The van der Waals surface area contributed by atoms with Gasteiger partial charge in [-0.1, -0.05) is 20.8 Å². The van der Waals surface area contributed by atoms with Gasteiger partial charge in [0.15, 0.2) is 6.10 Å². The summed E-state index contributed by atoms with van der Waals surface area (Å²) in [6.07, 6.45) is -2.78. The van der Waals surface area contributed by atoms with Crippen LogP contribution in [0.5, 0.6) is 5.75 Å². The molecule has 3 rings (SSSR count). The number of amides is 2. The van der Waals surface area contributed by atoms with E-state index in [2.05, 4.69) is 10.3 Å². The number of alkyl halides is 3. The number of nitrogens with one attached hydrogen (secondary N) is 1. The van der Waals surface area contributed by atoms with E-state index in [1.54, 1.807) is 4.90 Å². The minimum absolute atomic E-state index is 0.000501. The van der Waals surface area contributed by atoms with E-state index in [1.807, 2.05) is 20.8 Å². The van der Waals surface area contributed by atoms with Crippen molar-refractivity contribution >= 4 is 11.8 Å². The van der Waals surface area contributed by atoms with E-state index in [0.717, 1.165) is 19.8 Å². The molecule has 1 aliphatic carbocycles. The molecule has 178 valence electrons. The molecule has 2 fully saturated rings. The minimum Gasteiger partial charge on any atom is -0.481 e. The van der Waals surface area contributed by atoms with Crippen LogP contribution in [0.2, 0.25) is 0 Å². The highest BCUT2D eigenvalue weighted by atomic mass is 19.4. The lowest BCUT2D eigenvalue weighted by Gasteiger charge is -2.36. The lowest BCUT2D eigenvalue weighted by atomic mass is 9.85. The minimum atomic E-state index is -4.53. The van der Waals surface area contributed by atoms with Gasteiger partial charge in [-0.2, -0.15) is 13.2 Å². The number of nitrogens with zero attached hydrogens (tertiary/aromatic N) is 2. The standard InChI is InChI=1S/C22H30F3N3O4/c1-13(22(23,24)25)32-17-10-16(26-11-15(17)14-6-7-14)19(29)27-18(21(2,3)4)20(30)28-8-5-9-31-12-28/h10-11,13-14,18H,5-9,12H2,1-4H3,(H,27,29)/t13-,18?/m0/s1. The molecule has 2 atom stereocenters. The maximum atomic E-state index is 13.0. The maximum Gasteiger partial charge on any atom is 0.425 e. The normalized spacial score (nSPS) is 19.3. The number of carbonyl (C=O) groups is 2. The van der Waals surface area contributed by atoms with Crippen molar-refractivity contribution in [3.8, 4) is 5.75 Å². The Bertz CT molecular complexity index is 844. The van der Waals surface area contributed by atoms with Gasteiger partial charge in [0.2, 0.25) is 5.91 Å². The quantitative estimate of drug-likeness (QED) is 0.706. The Balaban J connectivity index is 1.81. The molecule has 10 heteroatoms. The van der Waals surface area contributed by atoms with Crippen LogP contribution in [0, 0.1) is 5.41 Å². The van der Waals surface area contributed by atoms with Gasteiger partial charge in [0.1, 0.15) is 24.2 Å². The second-order valence-corrected chi connectivity index (χ2v) is 9.45. The number of pyridine rings is 1. The molecule has 1 aliphatic heterocycles. The Kier molecular flexibility index (Phi) is 7.02. The van der Waals surface area contributed by atoms with Crippen molar-refractivity contribution in [2.45, 2.75) is 71.2 Å². The molecule has 0 spiro atoms. The molecule has 2 aliphatic rings. The molecule has 0 radical (unpaired) electrons. The molecule has 1 saturated carbocycles. The Morgan fingerprint density at radius 1 is 1.28 bits per heavy atom. The summed E-state index contributed by atoms with van der Waals surface area (Å²) in [7, 11) is 0. The molecule has 1 unspecified atom stereocenters. The summed E-state index contributed by atoms with van der Waals surface area (Å²) in [6.45, 7) is 7.65. The van der Waals surface area contributed by atoms with Crippen LogP contribution in [0.4, 0.5) is 13.2 Å². The number of hydrogen-bond donors (Lipinski definition) is 1. The van der Waals surface area contributed by atoms with Gasteiger partial charge in [0.25, 0.3) is 5.91 Å². The highest BCUT2D eigenvalue weighted by molar-refractivity contribution is 5.96. The molecule has 0 aromatic carbocycles. The van der Waals surface area contributed by atoms with Gasteiger partial charge < -0.3 is 19.7 Å². The van der Waals surface area contributed by atoms with E-state index in [9.17, 15) is 22.8 Å². The zero-order valence-electron chi connectivity index (χ0n) is 18.8. The molecular formula is C22H30F3N3O4. The zero-order valence-corrected chi connectivity index (χ0v) is 18.8. The third kappa shape index (κ3) is 5.90. The van der Waals surface area contributed by atoms with Crippen molar-refractivity contribution in [3.05, 3.63) is 23.5 Å². The molecule has 1 N–H and O–H groups in total. The molecule has 1 saturated heterocycles. The molecule has 2 heterocycles. The molecular weight excluding hydrogens is 427 g/mol. The molecule has 1 aromatic heterocycles. The van der Waals surface area contributed by atoms with Crippen LogP contribution in [0.25, 0.3) is 0 Å². The van der Waals surface area contributed by atoms with Crippen molar-refractivity contribution in [2.24, 2.45) is 5.41 Å². The van der Waals surface area contributed by atoms with Crippen LogP contribution < -0.4 is 10.1 Å². The molecule has 7 nitrogen and oxygen atoms in total. The predicted molar refractivity (Wildman–Crippen MR) is 110 cm³/mol. The highest BCUT2D eigenvalue weighted by Crippen LogP contribution is 2.44. The van der Waals surface area contributed by atoms with Crippen LogP contribution in [0.1, 0.15) is 68.9 Å². The monoisotopic (exact) mass is 457 g/mol. The largest absolute Gasteiger partial charge is 0.481 e. The summed E-state index contributed by atoms with van der Waals surface area (Å²) < 4.78 is 49.6. The third-order valence-electron chi connectivity index (χ3n) is 5.57. The second kappa shape index (κ2) is 9.25. The number of ether oxygens (including phenoxy) is 2. The summed E-state index contributed by atoms with van der Waals surface area (Å²) in [5, 5.41) is 2.72. The van der Waals surface area contributed by atoms with Gasteiger partial charge in [-0.05, 0) is 37.5 Å². The average molecular weight is 457 g/mol. The first-order chi connectivity index (χ1) is 14.9. The van der Waals surface area contributed by atoms with Gasteiger partial charge in [-0.3, -0.25) is 14.6 Å². The summed E-state index contributed by atoms with van der Waals surface area (Å²) in [5.74, 6) is -0.844. The Hall–Kier alpha value is -2.36. The lowest BCUT2D eigenvalue weighted by molar-refractivity contribution is -0.189. The fourth-order valence-electron chi connectivity index (χ4n) is 3.44. The number of halogens is 3. The fraction of sp³-hybridized carbons (Fsp3) is 0.682. The molecule has 1 aromatic rings. The van der Waals surface area contributed by atoms with Crippen molar-refractivity contribution in [3.63, 3.8) is 0 Å². The number of rotatable bonds is 6. The smallest absolute Gasteiger partial charge is 0.425 e. The van der Waals surface area contributed by atoms with E-state index in [-0.39, 0.29) is 30.0 Å². The van der Waals surface area contributed by atoms with Crippen molar-refractivity contribution in [1.29, 1.82) is 0 Å². The van der Waals surface area contributed by atoms with Gasteiger partial charge in [-0.25, -0.2) is 0 Å². The van der Waals surface area contributed by atoms with Crippen molar-refractivity contribution < 1.29 is 32.2 Å². The summed E-state index contributed by atoms with van der Waals surface area (Å²) in [5.41, 5.74) is -0.148. The summed E-state index contributed by atoms with van der Waals surface area (Å²) in [4.78, 5) is 31.7. The second-order valence-electron chi connectivity index (χ2n) is 9.45. The van der Waals surface area contributed by atoms with E-state index in [1.165, 1.54) is 12.3 Å². The lowest BCUT2D eigenvalue weighted by Crippen LogP contribution is -2.56. The van der Waals surface area contributed by atoms with Crippen LogP contribution in [-0.4, -0.2) is 59.9 Å². The zero-order chi connectivity index (χ0) is 23.7. The van der Waals surface area contributed by atoms with Crippen LogP contribution in [0.15, 0.2) is 12.3 Å². The highest BCUT2D eigenvalue weighted by Gasteiger charge is 2.40. The third-order valence-corrected chi connectivity index (χ3v) is 5.57. The number of aromatic nitrogens is 1. The maximum absolute atomic E-state index is 13.0. The van der Waals surface area contributed by atoms with Gasteiger partial charge in [-0.15, -0.1) is 0 Å². The average Bonchev–Trinajstić information content (AvgIpc) is 3.55.